The third kappa shape index (κ3) is 2.90. The van der Waals surface area contributed by atoms with E-state index in [4.69, 9.17) is 0 Å². The van der Waals surface area contributed by atoms with Gasteiger partial charge in [0.1, 0.15) is 11.4 Å². The monoisotopic (exact) mass is 474 g/mol. The number of rotatable bonds is 4. The topological polar surface area (TPSA) is 89.5 Å². The number of hydrogen-bond acceptors (Lipinski definition) is 5. The van der Waals surface area contributed by atoms with E-state index in [-0.39, 0.29) is 28.3 Å². The fourth-order valence-electron chi connectivity index (χ4n) is 9.02. The van der Waals surface area contributed by atoms with E-state index in [9.17, 15) is 14.7 Å². The van der Waals surface area contributed by atoms with Gasteiger partial charge in [0, 0.05) is 37.3 Å². The van der Waals surface area contributed by atoms with Crippen LogP contribution in [0.15, 0.2) is 35.4 Å². The number of H-pyrrole nitrogens is 1. The molecule has 7 nitrogen and oxygen atoms in total. The normalized spacial score (nSPS) is 35.3. The Hall–Kier alpha value is -2.67. The second kappa shape index (κ2) is 7.42. The smallest absolute Gasteiger partial charge is 0.273 e. The molecule has 35 heavy (non-hydrogen) atoms. The molecule has 5 aliphatic rings. The van der Waals surface area contributed by atoms with Crippen molar-refractivity contribution in [2.45, 2.75) is 68.9 Å². The quantitative estimate of drug-likeness (QED) is 0.711. The van der Waals surface area contributed by atoms with Gasteiger partial charge in [-0.05, 0) is 98.4 Å². The first-order chi connectivity index (χ1) is 16.9. The molecule has 2 N–H and O–H groups in total. The number of amides is 1. The molecule has 184 valence electrons. The minimum absolute atomic E-state index is 0.0000722. The van der Waals surface area contributed by atoms with Crippen molar-refractivity contribution in [3.63, 3.8) is 0 Å². The number of aromatic amines is 1. The Labute approximate surface area is 205 Å². The molecule has 1 aromatic heterocycles. The van der Waals surface area contributed by atoms with Crippen LogP contribution < -0.4 is 5.56 Å². The molecule has 0 spiro atoms. The summed E-state index contributed by atoms with van der Waals surface area (Å²) in [4.78, 5) is 36.3. The van der Waals surface area contributed by atoms with Crippen LogP contribution in [0.1, 0.15) is 66.6 Å². The van der Waals surface area contributed by atoms with Gasteiger partial charge in [-0.2, -0.15) is 0 Å². The summed E-state index contributed by atoms with van der Waals surface area (Å²) in [5.41, 5.74) is 2.97. The molecule has 1 aliphatic heterocycles. The molecule has 2 heterocycles. The highest BCUT2D eigenvalue weighted by molar-refractivity contribution is 5.92. The number of fused-ring (bicyclic) bond motifs is 1. The fourth-order valence-corrected chi connectivity index (χ4v) is 9.02. The van der Waals surface area contributed by atoms with Gasteiger partial charge in [0.2, 0.25) is 0 Å². The maximum Gasteiger partial charge on any atom is 0.273 e. The number of nitrogens with zero attached hydrogens (tertiary/aromatic N) is 3. The van der Waals surface area contributed by atoms with Crippen LogP contribution in [0.2, 0.25) is 0 Å². The second-order valence-corrected chi connectivity index (χ2v) is 11.8. The fraction of sp³-hybridized carbons (Fsp3) is 0.607. The van der Waals surface area contributed by atoms with Gasteiger partial charge in [-0.1, -0.05) is 6.07 Å². The van der Waals surface area contributed by atoms with Gasteiger partial charge < -0.3 is 15.0 Å². The summed E-state index contributed by atoms with van der Waals surface area (Å²) in [6, 6.07) is 6.75. The summed E-state index contributed by atoms with van der Waals surface area (Å²) in [6.45, 7) is 2.35. The zero-order valence-corrected chi connectivity index (χ0v) is 20.4. The van der Waals surface area contributed by atoms with Gasteiger partial charge in [0.25, 0.3) is 11.5 Å². The van der Waals surface area contributed by atoms with E-state index >= 15 is 0 Å². The van der Waals surface area contributed by atoms with Gasteiger partial charge in [0.05, 0.1) is 6.20 Å². The van der Waals surface area contributed by atoms with Crippen molar-refractivity contribution < 1.29 is 9.90 Å². The third-order valence-corrected chi connectivity index (χ3v) is 10.5. The third-order valence-electron chi connectivity index (χ3n) is 10.5. The van der Waals surface area contributed by atoms with E-state index in [1.807, 2.05) is 18.0 Å². The van der Waals surface area contributed by atoms with E-state index in [1.165, 1.54) is 49.3 Å². The summed E-state index contributed by atoms with van der Waals surface area (Å²) in [7, 11) is 1.91. The van der Waals surface area contributed by atoms with Gasteiger partial charge in [-0.15, -0.1) is 0 Å². The Morgan fingerprint density at radius 2 is 2.06 bits per heavy atom. The molecule has 0 radical (unpaired) electrons. The zero-order valence-electron chi connectivity index (χ0n) is 20.4. The van der Waals surface area contributed by atoms with Gasteiger partial charge in [-0.25, -0.2) is 4.98 Å². The van der Waals surface area contributed by atoms with Gasteiger partial charge >= 0.3 is 0 Å². The number of piperidine rings is 1. The lowest BCUT2D eigenvalue weighted by molar-refractivity contribution is -0.104. The van der Waals surface area contributed by atoms with Crippen molar-refractivity contribution in [3.05, 3.63) is 57.8 Å². The maximum atomic E-state index is 13.4. The molecule has 4 bridgehead atoms. The summed E-state index contributed by atoms with van der Waals surface area (Å²) in [5, 5.41) is 10.6. The standard InChI is InChI=1S/C28H34N4O3/c1-31(26(35)22-14-30-25(34)15-29-22)23-7-9-27-8-6-20(23)28(27)10-11-32(16-17-2-3-17)24(27)12-18-4-5-19(33)13-21(18)28/h4-5,13-15,17,20,23-24,33H,2-3,6-12,16H2,1H3,(H,30,34). The summed E-state index contributed by atoms with van der Waals surface area (Å²) < 4.78 is 0. The number of hydrogen-bond donors (Lipinski definition) is 2. The molecule has 7 rings (SSSR count). The number of likely N-dealkylation sites (tertiary alicyclic amines) is 1. The van der Waals surface area contributed by atoms with Crippen LogP contribution in [-0.4, -0.2) is 63.0 Å². The molecule has 1 saturated heterocycles. The van der Waals surface area contributed by atoms with Crippen LogP contribution in [0.5, 0.6) is 5.75 Å². The van der Waals surface area contributed by atoms with Crippen LogP contribution in [0.25, 0.3) is 0 Å². The van der Waals surface area contributed by atoms with Crippen molar-refractivity contribution in [1.29, 1.82) is 0 Å². The summed E-state index contributed by atoms with van der Waals surface area (Å²) >= 11 is 0. The summed E-state index contributed by atoms with van der Waals surface area (Å²) in [6.07, 6.45) is 12.0. The average Bonchev–Trinajstić information content (AvgIpc) is 3.64. The van der Waals surface area contributed by atoms with Gasteiger partial charge in [0.15, 0.2) is 0 Å². The highest BCUT2D eigenvalue weighted by atomic mass is 16.3. The second-order valence-electron chi connectivity index (χ2n) is 11.8. The first-order valence-corrected chi connectivity index (χ1v) is 13.3. The van der Waals surface area contributed by atoms with E-state index in [0.717, 1.165) is 44.6 Å². The molecule has 1 amide bonds. The largest absolute Gasteiger partial charge is 0.508 e. The average molecular weight is 475 g/mol. The number of carbonyl (C=O) groups excluding carboxylic acids is 1. The minimum Gasteiger partial charge on any atom is -0.508 e. The number of phenols is 1. The molecule has 4 aliphatic carbocycles. The SMILES string of the molecule is CN(C(=O)c1c[nH]c(=O)cn1)C1CCC23CCC1C21CCN(CC2CC2)C3Cc2ccc(O)cc21. The van der Waals surface area contributed by atoms with Crippen LogP contribution in [-0.2, 0) is 11.8 Å². The molecule has 2 aromatic rings. The summed E-state index contributed by atoms with van der Waals surface area (Å²) in [5.74, 6) is 1.47. The zero-order chi connectivity index (χ0) is 23.9. The van der Waals surface area contributed by atoms with Crippen molar-refractivity contribution >= 4 is 5.91 Å². The molecule has 5 unspecified atom stereocenters. The number of phenolic OH excluding ortho intramolecular Hbond substituents is 1. The highest BCUT2D eigenvalue weighted by Gasteiger charge is 2.71. The molecular weight excluding hydrogens is 440 g/mol. The predicted molar refractivity (Wildman–Crippen MR) is 131 cm³/mol. The molecule has 5 atom stereocenters. The van der Waals surface area contributed by atoms with E-state index in [0.29, 0.717) is 23.4 Å². The van der Waals surface area contributed by atoms with Crippen molar-refractivity contribution in [2.75, 3.05) is 20.1 Å². The van der Waals surface area contributed by atoms with E-state index < -0.39 is 0 Å². The first-order valence-electron chi connectivity index (χ1n) is 13.3. The highest BCUT2D eigenvalue weighted by Crippen LogP contribution is 2.72. The lowest BCUT2D eigenvalue weighted by atomic mass is 9.43. The predicted octanol–water partition coefficient (Wildman–Crippen LogP) is 3.08. The Morgan fingerprint density at radius 3 is 2.83 bits per heavy atom. The van der Waals surface area contributed by atoms with Crippen LogP contribution in [0.3, 0.4) is 0 Å². The maximum absolute atomic E-state index is 13.4. The van der Waals surface area contributed by atoms with Crippen LogP contribution >= 0.6 is 0 Å². The Kier molecular flexibility index (Phi) is 4.58. The number of aromatic hydroxyl groups is 1. The number of aromatic nitrogens is 2. The molecule has 3 saturated carbocycles. The van der Waals surface area contributed by atoms with E-state index in [2.05, 4.69) is 27.0 Å². The van der Waals surface area contributed by atoms with Gasteiger partial charge in [-0.3, -0.25) is 14.5 Å². The number of carbonyl (C=O) groups is 1. The lowest BCUT2D eigenvalue weighted by Crippen LogP contribution is -2.70. The van der Waals surface area contributed by atoms with Crippen LogP contribution in [0.4, 0.5) is 0 Å². The van der Waals surface area contributed by atoms with Crippen molar-refractivity contribution in [3.8, 4) is 5.75 Å². The van der Waals surface area contributed by atoms with Crippen LogP contribution in [0, 0.1) is 17.3 Å². The lowest BCUT2D eigenvalue weighted by Gasteiger charge is -2.67. The number of benzene rings is 1. The van der Waals surface area contributed by atoms with E-state index in [1.54, 1.807) is 0 Å². The minimum atomic E-state index is -0.302. The molecule has 4 fully saturated rings. The number of nitrogens with one attached hydrogen (secondary N) is 1. The first kappa shape index (κ1) is 21.6. The Balaban J connectivity index is 1.30. The Morgan fingerprint density at radius 1 is 1.23 bits per heavy atom. The Bertz CT molecular complexity index is 1230. The molecule has 1 aromatic carbocycles. The molecule has 7 heteroatoms. The van der Waals surface area contributed by atoms with Crippen molar-refractivity contribution in [2.24, 2.45) is 17.3 Å². The van der Waals surface area contributed by atoms with Crippen molar-refractivity contribution in [1.82, 2.24) is 19.8 Å². The molecular formula is C28H34N4O3.